The summed E-state index contributed by atoms with van der Waals surface area (Å²) in [6.45, 7) is 4.29. The van der Waals surface area contributed by atoms with E-state index in [-0.39, 0.29) is 11.7 Å². The van der Waals surface area contributed by atoms with E-state index in [2.05, 4.69) is 45.1 Å². The van der Waals surface area contributed by atoms with Crippen LogP contribution in [0.2, 0.25) is 0 Å². The Morgan fingerprint density at radius 2 is 1.66 bits per heavy atom. The van der Waals surface area contributed by atoms with Crippen LogP contribution in [0.3, 0.4) is 0 Å². The first-order valence-corrected chi connectivity index (χ1v) is 12.3. The molecular weight excluding hydrogens is 489 g/mol. The minimum absolute atomic E-state index is 0.0141. The van der Waals surface area contributed by atoms with Gasteiger partial charge in [0, 0.05) is 38.3 Å². The normalized spacial score (nSPS) is 14.9. The number of fused-ring (bicyclic) bond motifs is 1. The number of carbonyl (C=O) groups is 1. The number of carbonyl (C=O) groups excluding carboxylic acids is 1. The van der Waals surface area contributed by atoms with Crippen LogP contribution in [0, 0.1) is 5.82 Å². The highest BCUT2D eigenvalue weighted by Gasteiger charge is 2.26. The molecule has 7 heteroatoms. The summed E-state index contributed by atoms with van der Waals surface area (Å²) in [7, 11) is 0. The van der Waals surface area contributed by atoms with Crippen LogP contribution in [0.5, 0.6) is 0 Å². The summed E-state index contributed by atoms with van der Waals surface area (Å²) in [6, 6.07) is 21.1. The number of nitrogens with zero attached hydrogens (tertiary/aromatic N) is 3. The van der Waals surface area contributed by atoms with Crippen molar-refractivity contribution >= 4 is 43.4 Å². The minimum atomic E-state index is -0.253. The van der Waals surface area contributed by atoms with Crippen molar-refractivity contribution in [1.82, 2.24) is 14.4 Å². The van der Waals surface area contributed by atoms with Gasteiger partial charge in [-0.15, -0.1) is 11.3 Å². The average Bonchev–Trinajstić information content (AvgIpc) is 3.33. The summed E-state index contributed by atoms with van der Waals surface area (Å²) in [4.78, 5) is 17.8. The zero-order chi connectivity index (χ0) is 22.1. The van der Waals surface area contributed by atoms with Crippen molar-refractivity contribution in [3.63, 3.8) is 0 Å². The number of benzene rings is 2. The highest BCUT2D eigenvalue weighted by atomic mass is 79.9. The molecule has 2 aromatic heterocycles. The van der Waals surface area contributed by atoms with Crippen LogP contribution in [-0.4, -0.2) is 46.5 Å². The van der Waals surface area contributed by atoms with E-state index in [1.165, 1.54) is 11.6 Å². The molecule has 2 aromatic carbocycles. The number of rotatable bonds is 5. The zero-order valence-electron chi connectivity index (χ0n) is 17.5. The summed E-state index contributed by atoms with van der Waals surface area (Å²) < 4.78 is 18.4. The van der Waals surface area contributed by atoms with Crippen molar-refractivity contribution in [1.29, 1.82) is 0 Å². The molecule has 4 nitrogen and oxygen atoms in total. The van der Waals surface area contributed by atoms with E-state index >= 15 is 0 Å². The Bertz CT molecular complexity index is 1240. The number of piperazine rings is 1. The molecule has 32 heavy (non-hydrogen) atoms. The molecule has 0 saturated carbocycles. The molecule has 0 radical (unpaired) electrons. The number of halogens is 2. The SMILES string of the molecule is O=C(c1cc2sc(Br)cc2n1Cc1ccccc1F)N1CCN(Cc2ccccc2)CC1. The van der Waals surface area contributed by atoms with Gasteiger partial charge in [-0.25, -0.2) is 4.39 Å². The molecule has 0 spiro atoms. The van der Waals surface area contributed by atoms with E-state index in [9.17, 15) is 9.18 Å². The second kappa shape index (κ2) is 9.17. The molecule has 4 aromatic rings. The van der Waals surface area contributed by atoms with E-state index in [0.717, 1.165) is 33.6 Å². The molecule has 0 atom stereocenters. The Kier molecular flexibility index (Phi) is 6.13. The predicted octanol–water partition coefficient (Wildman–Crippen LogP) is 5.61. The summed E-state index contributed by atoms with van der Waals surface area (Å²) >= 11 is 5.13. The molecule has 1 fully saturated rings. The fourth-order valence-electron chi connectivity index (χ4n) is 4.27. The first-order valence-electron chi connectivity index (χ1n) is 10.7. The minimum Gasteiger partial charge on any atom is -0.335 e. The summed E-state index contributed by atoms with van der Waals surface area (Å²) in [5.41, 5.74) is 3.45. The third-order valence-electron chi connectivity index (χ3n) is 5.97. The highest BCUT2D eigenvalue weighted by Crippen LogP contribution is 2.33. The van der Waals surface area contributed by atoms with Crippen molar-refractivity contribution in [3.05, 3.63) is 93.2 Å². The second-order valence-corrected chi connectivity index (χ2v) is 10.5. The first-order chi connectivity index (χ1) is 15.6. The maximum Gasteiger partial charge on any atom is 0.270 e. The van der Waals surface area contributed by atoms with Crippen LogP contribution >= 0.6 is 27.3 Å². The van der Waals surface area contributed by atoms with Gasteiger partial charge in [-0.3, -0.25) is 9.69 Å². The maximum atomic E-state index is 14.4. The summed E-state index contributed by atoms with van der Waals surface area (Å²) in [5, 5.41) is 0. The predicted molar refractivity (Wildman–Crippen MR) is 131 cm³/mol. The number of amides is 1. The number of hydrogen-bond acceptors (Lipinski definition) is 3. The van der Waals surface area contributed by atoms with Crippen LogP contribution in [0.15, 0.2) is 70.5 Å². The smallest absolute Gasteiger partial charge is 0.270 e. The lowest BCUT2D eigenvalue weighted by Crippen LogP contribution is -2.48. The molecule has 3 heterocycles. The first kappa shape index (κ1) is 21.4. The number of thiophene rings is 1. The van der Waals surface area contributed by atoms with E-state index in [4.69, 9.17) is 0 Å². The third-order valence-corrected chi connectivity index (χ3v) is 7.55. The van der Waals surface area contributed by atoms with Gasteiger partial charge >= 0.3 is 0 Å². The van der Waals surface area contributed by atoms with E-state index in [0.29, 0.717) is 30.9 Å². The van der Waals surface area contributed by atoms with Crippen LogP contribution < -0.4 is 0 Å². The van der Waals surface area contributed by atoms with Crippen molar-refractivity contribution in [2.24, 2.45) is 0 Å². The lowest BCUT2D eigenvalue weighted by molar-refractivity contribution is 0.0619. The monoisotopic (exact) mass is 511 g/mol. The van der Waals surface area contributed by atoms with Gasteiger partial charge in [-0.05, 0) is 39.7 Å². The highest BCUT2D eigenvalue weighted by molar-refractivity contribution is 9.11. The van der Waals surface area contributed by atoms with Gasteiger partial charge in [0.25, 0.3) is 5.91 Å². The molecule has 0 unspecified atom stereocenters. The maximum absolute atomic E-state index is 14.4. The zero-order valence-corrected chi connectivity index (χ0v) is 19.9. The summed E-state index contributed by atoms with van der Waals surface area (Å²) in [5.74, 6) is -0.239. The Hall–Kier alpha value is -2.48. The lowest BCUT2D eigenvalue weighted by atomic mass is 10.2. The molecular formula is C25H23BrFN3OS. The van der Waals surface area contributed by atoms with Gasteiger partial charge < -0.3 is 9.47 Å². The number of hydrogen-bond donors (Lipinski definition) is 0. The number of aromatic nitrogens is 1. The largest absolute Gasteiger partial charge is 0.335 e. The Labute approximate surface area is 199 Å². The fraction of sp³-hybridized carbons (Fsp3) is 0.240. The molecule has 5 rings (SSSR count). The average molecular weight is 512 g/mol. The molecule has 0 bridgehead atoms. The van der Waals surface area contributed by atoms with E-state index in [1.54, 1.807) is 23.5 Å². The van der Waals surface area contributed by atoms with Crippen molar-refractivity contribution in [2.75, 3.05) is 26.2 Å². The fourth-order valence-corrected chi connectivity index (χ4v) is 5.83. The molecule has 1 aliphatic rings. The van der Waals surface area contributed by atoms with Gasteiger partial charge in [-0.1, -0.05) is 48.5 Å². The molecule has 1 amide bonds. The van der Waals surface area contributed by atoms with Crippen LogP contribution in [0.1, 0.15) is 21.6 Å². The Balaban J connectivity index is 1.36. The second-order valence-electron chi connectivity index (χ2n) is 8.06. The van der Waals surface area contributed by atoms with E-state index < -0.39 is 0 Å². The van der Waals surface area contributed by atoms with Crippen molar-refractivity contribution < 1.29 is 9.18 Å². The molecule has 1 aliphatic heterocycles. The Morgan fingerprint density at radius 3 is 2.41 bits per heavy atom. The van der Waals surface area contributed by atoms with Crippen molar-refractivity contribution in [3.8, 4) is 0 Å². The topological polar surface area (TPSA) is 28.5 Å². The third kappa shape index (κ3) is 4.37. The van der Waals surface area contributed by atoms with E-state index in [1.807, 2.05) is 33.7 Å². The standard InChI is InChI=1S/C25H23BrFN3OS/c26-24-15-21-23(32-24)14-22(30(21)17-19-8-4-5-9-20(19)27)25(31)29-12-10-28(11-13-29)16-18-6-2-1-3-7-18/h1-9,14-15H,10-13,16-17H2. The Morgan fingerprint density at radius 1 is 0.938 bits per heavy atom. The van der Waals surface area contributed by atoms with Crippen LogP contribution in [-0.2, 0) is 13.1 Å². The quantitative estimate of drug-likeness (QED) is 0.348. The molecule has 0 aliphatic carbocycles. The van der Waals surface area contributed by atoms with Gasteiger partial charge in [-0.2, -0.15) is 0 Å². The van der Waals surface area contributed by atoms with Gasteiger partial charge in [0.15, 0.2) is 0 Å². The molecule has 1 saturated heterocycles. The summed E-state index contributed by atoms with van der Waals surface area (Å²) in [6.07, 6.45) is 0. The molecule has 0 N–H and O–H groups in total. The van der Waals surface area contributed by atoms with Gasteiger partial charge in [0.1, 0.15) is 11.5 Å². The lowest BCUT2D eigenvalue weighted by Gasteiger charge is -2.35. The van der Waals surface area contributed by atoms with Gasteiger partial charge in [0.05, 0.1) is 20.5 Å². The van der Waals surface area contributed by atoms with Gasteiger partial charge in [0.2, 0.25) is 0 Å². The van der Waals surface area contributed by atoms with Crippen LogP contribution in [0.25, 0.3) is 10.2 Å². The van der Waals surface area contributed by atoms with Crippen LogP contribution in [0.4, 0.5) is 4.39 Å². The molecule has 164 valence electrons. The van der Waals surface area contributed by atoms with Crippen molar-refractivity contribution in [2.45, 2.75) is 13.1 Å².